The Hall–Kier alpha value is -1.62. The Morgan fingerprint density at radius 2 is 1.95 bits per heavy atom. The largest absolute Gasteiger partial charge is 0.478 e. The molecular weight excluding hydrogens is 271 g/mol. The van der Waals surface area contributed by atoms with Crippen molar-refractivity contribution >= 4 is 11.7 Å². The van der Waals surface area contributed by atoms with Gasteiger partial charge in [-0.25, -0.2) is 9.18 Å². The van der Waals surface area contributed by atoms with Gasteiger partial charge >= 0.3 is 5.97 Å². The number of anilines is 1. The minimum atomic E-state index is -0.878. The van der Waals surface area contributed by atoms with Crippen molar-refractivity contribution in [3.63, 3.8) is 0 Å². The minimum Gasteiger partial charge on any atom is -0.478 e. The second-order valence-electron chi connectivity index (χ2n) is 6.07. The second kappa shape index (κ2) is 5.64. The van der Waals surface area contributed by atoms with E-state index in [1.54, 1.807) is 6.07 Å². The number of carboxylic acid groups (broad SMARTS) is 1. The fourth-order valence-electron chi connectivity index (χ4n) is 3.17. The van der Waals surface area contributed by atoms with E-state index in [0.29, 0.717) is 24.4 Å². The lowest BCUT2D eigenvalue weighted by atomic mass is 10.00. The number of carboxylic acids is 1. The number of hydrogen-bond acceptors (Lipinski definition) is 3. The Balaban J connectivity index is 1.61. The van der Waals surface area contributed by atoms with Crippen LogP contribution >= 0.6 is 0 Å². The number of aromatic carboxylic acids is 1. The third-order valence-electron chi connectivity index (χ3n) is 4.65. The summed E-state index contributed by atoms with van der Waals surface area (Å²) in [5, 5.41) is 9.18. The molecule has 0 atom stereocenters. The summed E-state index contributed by atoms with van der Waals surface area (Å²) in [5.41, 5.74) is 2.12. The van der Waals surface area contributed by atoms with Crippen LogP contribution in [0.3, 0.4) is 0 Å². The number of piperidine rings is 1. The third kappa shape index (κ3) is 2.88. The van der Waals surface area contributed by atoms with Crippen LogP contribution in [0.2, 0.25) is 0 Å². The highest BCUT2D eigenvalue weighted by atomic mass is 19.1. The van der Waals surface area contributed by atoms with Gasteiger partial charge in [0.15, 0.2) is 0 Å². The number of nitrogens with zero attached hydrogens (tertiary/aromatic N) is 2. The molecule has 5 heteroatoms. The van der Waals surface area contributed by atoms with Crippen molar-refractivity contribution < 1.29 is 14.3 Å². The molecule has 114 valence electrons. The molecule has 2 saturated heterocycles. The highest BCUT2D eigenvalue weighted by Crippen LogP contribution is 2.27. The number of hydrogen-bond donors (Lipinski definition) is 1. The van der Waals surface area contributed by atoms with Gasteiger partial charge in [-0.1, -0.05) is 6.07 Å². The van der Waals surface area contributed by atoms with E-state index < -0.39 is 12.1 Å². The summed E-state index contributed by atoms with van der Waals surface area (Å²) in [6.45, 7) is 5.30. The fraction of sp³-hybridized carbons (Fsp3) is 0.562. The maximum Gasteiger partial charge on any atom is 0.336 e. The summed E-state index contributed by atoms with van der Waals surface area (Å²) in [7, 11) is 0. The van der Waals surface area contributed by atoms with E-state index in [1.807, 2.05) is 19.1 Å². The highest BCUT2D eigenvalue weighted by molar-refractivity contribution is 5.90. The van der Waals surface area contributed by atoms with Gasteiger partial charge in [0.05, 0.1) is 5.56 Å². The van der Waals surface area contributed by atoms with Crippen LogP contribution in [0.5, 0.6) is 0 Å². The first-order valence-electron chi connectivity index (χ1n) is 7.51. The van der Waals surface area contributed by atoms with Crippen molar-refractivity contribution in [2.24, 2.45) is 0 Å². The highest BCUT2D eigenvalue weighted by Gasteiger charge is 2.34. The van der Waals surface area contributed by atoms with E-state index in [4.69, 9.17) is 0 Å². The zero-order valence-electron chi connectivity index (χ0n) is 12.3. The van der Waals surface area contributed by atoms with Gasteiger partial charge in [-0.3, -0.25) is 4.90 Å². The fourth-order valence-corrected chi connectivity index (χ4v) is 3.17. The van der Waals surface area contributed by atoms with Gasteiger partial charge in [0.2, 0.25) is 0 Å². The molecule has 1 aromatic carbocycles. The average molecular weight is 292 g/mol. The quantitative estimate of drug-likeness (QED) is 0.928. The molecule has 0 aromatic heterocycles. The Morgan fingerprint density at radius 1 is 1.29 bits per heavy atom. The smallest absolute Gasteiger partial charge is 0.336 e. The summed E-state index contributed by atoms with van der Waals surface area (Å²) >= 11 is 0. The van der Waals surface area contributed by atoms with Crippen molar-refractivity contribution in [2.45, 2.75) is 32.0 Å². The molecule has 0 amide bonds. The van der Waals surface area contributed by atoms with Gasteiger partial charge in [0.25, 0.3) is 0 Å². The Labute approximate surface area is 124 Å². The van der Waals surface area contributed by atoms with Crippen LogP contribution in [0.4, 0.5) is 10.1 Å². The summed E-state index contributed by atoms with van der Waals surface area (Å²) in [6.07, 6.45) is 0.654. The first-order chi connectivity index (χ1) is 10.0. The minimum absolute atomic E-state index is 0.370. The standard InChI is InChI=1S/C16H21FN2O2/c1-11-2-3-13(8-15(11)16(20)21)19-9-14(10-19)18-6-4-12(17)5-7-18/h2-3,8,12,14H,4-7,9-10H2,1H3,(H,20,21). The third-order valence-corrected chi connectivity index (χ3v) is 4.65. The maximum absolute atomic E-state index is 13.1. The molecule has 0 aliphatic carbocycles. The molecule has 2 aliphatic heterocycles. The van der Waals surface area contributed by atoms with E-state index in [-0.39, 0.29) is 0 Å². The van der Waals surface area contributed by atoms with Crippen LogP contribution in [-0.2, 0) is 0 Å². The number of alkyl halides is 1. The zero-order chi connectivity index (χ0) is 15.0. The van der Waals surface area contributed by atoms with E-state index >= 15 is 0 Å². The number of aryl methyl sites for hydroxylation is 1. The van der Waals surface area contributed by atoms with E-state index in [9.17, 15) is 14.3 Å². The van der Waals surface area contributed by atoms with Gasteiger partial charge in [0, 0.05) is 37.9 Å². The Bertz CT molecular complexity index is 535. The molecule has 1 aromatic rings. The van der Waals surface area contributed by atoms with Crippen LogP contribution in [0.1, 0.15) is 28.8 Å². The summed E-state index contributed by atoms with van der Waals surface area (Å²) in [6, 6.07) is 6.07. The van der Waals surface area contributed by atoms with E-state index in [2.05, 4.69) is 9.80 Å². The SMILES string of the molecule is Cc1ccc(N2CC(N3CCC(F)CC3)C2)cc1C(=O)O. The molecule has 2 heterocycles. The molecular formula is C16H21FN2O2. The number of carbonyl (C=O) groups is 1. The van der Waals surface area contributed by atoms with Crippen molar-refractivity contribution in [2.75, 3.05) is 31.1 Å². The molecule has 21 heavy (non-hydrogen) atoms. The topological polar surface area (TPSA) is 43.8 Å². The monoisotopic (exact) mass is 292 g/mol. The van der Waals surface area contributed by atoms with Crippen molar-refractivity contribution in [3.05, 3.63) is 29.3 Å². The molecule has 0 saturated carbocycles. The first-order valence-corrected chi connectivity index (χ1v) is 7.51. The van der Waals surface area contributed by atoms with Crippen molar-refractivity contribution in [1.29, 1.82) is 0 Å². The number of likely N-dealkylation sites (tertiary alicyclic amines) is 1. The number of halogens is 1. The van der Waals surface area contributed by atoms with E-state index in [1.165, 1.54) is 0 Å². The van der Waals surface area contributed by atoms with Crippen LogP contribution in [0.25, 0.3) is 0 Å². The molecule has 4 nitrogen and oxygen atoms in total. The summed E-state index contributed by atoms with van der Waals surface area (Å²) < 4.78 is 13.1. The van der Waals surface area contributed by atoms with Crippen LogP contribution in [-0.4, -0.2) is 54.4 Å². The van der Waals surface area contributed by atoms with Crippen LogP contribution in [0, 0.1) is 6.92 Å². The Kier molecular flexibility index (Phi) is 3.85. The molecule has 0 radical (unpaired) electrons. The predicted molar refractivity (Wildman–Crippen MR) is 79.8 cm³/mol. The normalized spacial score (nSPS) is 21.3. The zero-order valence-corrected chi connectivity index (χ0v) is 12.3. The van der Waals surface area contributed by atoms with Crippen LogP contribution < -0.4 is 4.90 Å². The van der Waals surface area contributed by atoms with Crippen LogP contribution in [0.15, 0.2) is 18.2 Å². The average Bonchev–Trinajstić information content (AvgIpc) is 2.40. The number of rotatable bonds is 3. The summed E-state index contributed by atoms with van der Waals surface area (Å²) in [5.74, 6) is -0.878. The summed E-state index contributed by atoms with van der Waals surface area (Å²) in [4.78, 5) is 15.7. The van der Waals surface area contributed by atoms with Gasteiger partial charge in [-0.2, -0.15) is 0 Å². The molecule has 3 rings (SSSR count). The lowest BCUT2D eigenvalue weighted by molar-refractivity contribution is 0.0696. The molecule has 0 spiro atoms. The molecule has 1 N–H and O–H groups in total. The Morgan fingerprint density at radius 3 is 2.57 bits per heavy atom. The second-order valence-corrected chi connectivity index (χ2v) is 6.07. The molecule has 0 bridgehead atoms. The lowest BCUT2D eigenvalue weighted by Crippen LogP contribution is -2.61. The van der Waals surface area contributed by atoms with Crippen molar-refractivity contribution in [3.8, 4) is 0 Å². The maximum atomic E-state index is 13.1. The number of benzene rings is 1. The molecule has 2 aliphatic rings. The first kappa shape index (κ1) is 14.3. The van der Waals surface area contributed by atoms with Gasteiger partial charge < -0.3 is 10.0 Å². The lowest BCUT2D eigenvalue weighted by Gasteiger charge is -2.48. The van der Waals surface area contributed by atoms with Gasteiger partial charge in [-0.15, -0.1) is 0 Å². The molecule has 0 unspecified atom stereocenters. The van der Waals surface area contributed by atoms with Crippen molar-refractivity contribution in [1.82, 2.24) is 4.90 Å². The van der Waals surface area contributed by atoms with E-state index in [0.717, 1.165) is 37.4 Å². The predicted octanol–water partition coefficient (Wildman–Crippen LogP) is 2.32. The molecule has 2 fully saturated rings. The van der Waals surface area contributed by atoms with Gasteiger partial charge in [0.1, 0.15) is 6.17 Å². The van der Waals surface area contributed by atoms with Gasteiger partial charge in [-0.05, 0) is 37.5 Å².